The lowest BCUT2D eigenvalue weighted by molar-refractivity contribution is -0.383. The van der Waals surface area contributed by atoms with E-state index in [4.69, 9.17) is 21.1 Å². The number of esters is 1. The van der Waals surface area contributed by atoms with E-state index in [0.717, 1.165) is 5.56 Å². The molecule has 2 aromatic rings. The van der Waals surface area contributed by atoms with Gasteiger partial charge in [0, 0.05) is 17.5 Å². The first-order valence-corrected chi connectivity index (χ1v) is 9.28. The zero-order valence-electron chi connectivity index (χ0n) is 16.0. The van der Waals surface area contributed by atoms with Crippen LogP contribution in [-0.4, -0.2) is 29.5 Å². The number of benzene rings is 2. The van der Waals surface area contributed by atoms with Crippen molar-refractivity contribution < 1.29 is 24.0 Å². The van der Waals surface area contributed by atoms with Crippen LogP contribution in [0.25, 0.3) is 0 Å². The molecule has 9 heteroatoms. The van der Waals surface area contributed by atoms with E-state index in [2.05, 4.69) is 5.32 Å². The first-order valence-electron chi connectivity index (χ1n) is 8.90. The number of carbonyl (C=O) groups is 2. The number of nitro groups is 1. The number of ether oxygens (including phenoxy) is 2. The van der Waals surface area contributed by atoms with Crippen LogP contribution in [-0.2, 0) is 14.3 Å². The summed E-state index contributed by atoms with van der Waals surface area (Å²) in [5.41, 5.74) is 0.687. The molecule has 0 saturated heterocycles. The van der Waals surface area contributed by atoms with Crippen molar-refractivity contribution in [3.63, 3.8) is 0 Å². The molecule has 1 N–H and O–H groups in total. The van der Waals surface area contributed by atoms with Crippen molar-refractivity contribution in [1.82, 2.24) is 0 Å². The molecule has 0 radical (unpaired) electrons. The zero-order chi connectivity index (χ0) is 21.4. The van der Waals surface area contributed by atoms with Crippen LogP contribution in [0.1, 0.15) is 25.3 Å². The van der Waals surface area contributed by atoms with Crippen LogP contribution < -0.4 is 10.1 Å². The molecule has 1 atom stereocenters. The summed E-state index contributed by atoms with van der Waals surface area (Å²) in [6.45, 7) is 3.57. The van der Waals surface area contributed by atoms with E-state index >= 15 is 0 Å². The fraction of sp³-hybridized carbons (Fsp3) is 0.300. The first kappa shape index (κ1) is 22.2. The fourth-order valence-electron chi connectivity index (χ4n) is 2.46. The van der Waals surface area contributed by atoms with Crippen molar-refractivity contribution in [3.8, 4) is 5.75 Å². The van der Waals surface area contributed by atoms with Gasteiger partial charge in [-0.1, -0.05) is 23.7 Å². The van der Waals surface area contributed by atoms with Gasteiger partial charge < -0.3 is 14.8 Å². The number of amides is 1. The highest BCUT2D eigenvalue weighted by molar-refractivity contribution is 6.30. The minimum Gasteiger partial charge on any atom is -0.493 e. The van der Waals surface area contributed by atoms with Crippen molar-refractivity contribution >= 4 is 34.9 Å². The maximum absolute atomic E-state index is 12.2. The molecule has 1 amide bonds. The molecule has 29 heavy (non-hydrogen) atoms. The van der Waals surface area contributed by atoms with Crippen molar-refractivity contribution in [3.05, 3.63) is 63.2 Å². The van der Waals surface area contributed by atoms with Gasteiger partial charge in [0.1, 0.15) is 11.4 Å². The third-order valence-electron chi connectivity index (χ3n) is 3.96. The number of nitro benzene ring substituents is 1. The van der Waals surface area contributed by atoms with Crippen LogP contribution in [0.5, 0.6) is 5.75 Å². The Bertz CT molecular complexity index is 902. The number of anilines is 1. The van der Waals surface area contributed by atoms with Gasteiger partial charge in [-0.3, -0.25) is 19.7 Å². The SMILES string of the molecule is Cc1cc(Cl)ccc1OCCCC(=O)O[C@H](C)C(=O)Nc1ccccc1[N+](=O)[O-]. The first-order chi connectivity index (χ1) is 13.8. The van der Waals surface area contributed by atoms with Gasteiger partial charge in [0.2, 0.25) is 0 Å². The molecule has 0 aliphatic carbocycles. The van der Waals surface area contributed by atoms with Gasteiger partial charge in [0.15, 0.2) is 6.10 Å². The molecule has 2 aromatic carbocycles. The second-order valence-corrected chi connectivity index (χ2v) is 6.69. The number of carbonyl (C=O) groups excluding carboxylic acids is 2. The van der Waals surface area contributed by atoms with Crippen LogP contribution >= 0.6 is 11.6 Å². The molecule has 0 heterocycles. The van der Waals surface area contributed by atoms with Crippen molar-refractivity contribution in [2.24, 2.45) is 0 Å². The number of hydrogen-bond donors (Lipinski definition) is 1. The molecular formula is C20H21ClN2O6. The second kappa shape index (κ2) is 10.4. The Morgan fingerprint density at radius 3 is 2.66 bits per heavy atom. The van der Waals surface area contributed by atoms with E-state index in [1.54, 1.807) is 24.3 Å². The van der Waals surface area contributed by atoms with Crippen molar-refractivity contribution in [2.75, 3.05) is 11.9 Å². The highest BCUT2D eigenvalue weighted by Crippen LogP contribution is 2.24. The summed E-state index contributed by atoms with van der Waals surface area (Å²) in [5, 5.41) is 14.0. The van der Waals surface area contributed by atoms with Crippen LogP contribution in [0.2, 0.25) is 5.02 Å². The van der Waals surface area contributed by atoms with Crippen LogP contribution in [0.15, 0.2) is 42.5 Å². The summed E-state index contributed by atoms with van der Waals surface area (Å²) >= 11 is 5.89. The summed E-state index contributed by atoms with van der Waals surface area (Å²) in [4.78, 5) is 34.5. The van der Waals surface area contributed by atoms with Crippen LogP contribution in [0.3, 0.4) is 0 Å². The van der Waals surface area contributed by atoms with Crippen molar-refractivity contribution in [1.29, 1.82) is 0 Å². The number of nitrogens with zero attached hydrogens (tertiary/aromatic N) is 1. The number of rotatable bonds is 9. The molecule has 0 unspecified atom stereocenters. The average molecular weight is 421 g/mol. The second-order valence-electron chi connectivity index (χ2n) is 6.26. The predicted molar refractivity (Wildman–Crippen MR) is 108 cm³/mol. The van der Waals surface area contributed by atoms with E-state index in [-0.39, 0.29) is 17.8 Å². The Kier molecular flexibility index (Phi) is 7.97. The molecular weight excluding hydrogens is 400 g/mol. The molecule has 0 aliphatic rings. The summed E-state index contributed by atoms with van der Waals surface area (Å²) < 4.78 is 10.7. The van der Waals surface area contributed by atoms with Gasteiger partial charge >= 0.3 is 5.97 Å². The molecule has 2 rings (SSSR count). The predicted octanol–water partition coefficient (Wildman–Crippen LogP) is 4.29. The number of nitrogens with one attached hydrogen (secondary N) is 1. The van der Waals surface area contributed by atoms with E-state index in [0.29, 0.717) is 23.8 Å². The maximum Gasteiger partial charge on any atom is 0.306 e. The number of hydrogen-bond acceptors (Lipinski definition) is 6. The van der Waals surface area contributed by atoms with Crippen LogP contribution in [0, 0.1) is 17.0 Å². The van der Waals surface area contributed by atoms with Gasteiger partial charge in [-0.15, -0.1) is 0 Å². The highest BCUT2D eigenvalue weighted by Gasteiger charge is 2.21. The molecule has 0 bridgehead atoms. The Balaban J connectivity index is 1.77. The van der Waals surface area contributed by atoms with Gasteiger partial charge in [0.25, 0.3) is 11.6 Å². The largest absolute Gasteiger partial charge is 0.493 e. The maximum atomic E-state index is 12.2. The summed E-state index contributed by atoms with van der Waals surface area (Å²) in [6.07, 6.45) is -0.628. The lowest BCUT2D eigenvalue weighted by Crippen LogP contribution is -2.30. The van der Waals surface area contributed by atoms with Gasteiger partial charge in [0.05, 0.1) is 11.5 Å². The Labute approximate surface area is 172 Å². The molecule has 154 valence electrons. The quantitative estimate of drug-likeness (QED) is 0.280. The van der Waals surface area contributed by atoms with Crippen molar-refractivity contribution in [2.45, 2.75) is 32.8 Å². The average Bonchev–Trinajstić information content (AvgIpc) is 2.66. The molecule has 0 aromatic heterocycles. The number of halogens is 1. The zero-order valence-corrected chi connectivity index (χ0v) is 16.8. The molecule has 0 aliphatic heterocycles. The molecule has 0 spiro atoms. The smallest absolute Gasteiger partial charge is 0.306 e. The molecule has 8 nitrogen and oxygen atoms in total. The standard InChI is InChI=1S/C20H21ClN2O6/c1-13-12-15(21)9-10-18(13)28-11-5-8-19(24)29-14(2)20(25)22-16-6-3-4-7-17(16)23(26)27/h3-4,6-7,9-10,12,14H,5,8,11H2,1-2H3,(H,22,25)/t14-/m1/s1. The van der Waals surface area contributed by atoms with Gasteiger partial charge in [-0.05, 0) is 50.1 Å². The monoisotopic (exact) mass is 420 g/mol. The lowest BCUT2D eigenvalue weighted by atomic mass is 10.2. The Hall–Kier alpha value is -3.13. The summed E-state index contributed by atoms with van der Waals surface area (Å²) in [5.74, 6) is -0.535. The number of aryl methyl sites for hydroxylation is 1. The van der Waals surface area contributed by atoms with Gasteiger partial charge in [-0.2, -0.15) is 0 Å². The summed E-state index contributed by atoms with van der Waals surface area (Å²) in [6, 6.07) is 11.0. The van der Waals surface area contributed by atoms with Gasteiger partial charge in [-0.25, -0.2) is 0 Å². The highest BCUT2D eigenvalue weighted by atomic mass is 35.5. The van der Waals surface area contributed by atoms with E-state index in [9.17, 15) is 19.7 Å². The van der Waals surface area contributed by atoms with E-state index in [1.165, 1.54) is 25.1 Å². The van der Waals surface area contributed by atoms with E-state index in [1.807, 2.05) is 6.92 Å². The lowest BCUT2D eigenvalue weighted by Gasteiger charge is -2.14. The molecule has 0 fully saturated rings. The Morgan fingerprint density at radius 2 is 1.97 bits per heavy atom. The third kappa shape index (κ3) is 6.76. The van der Waals surface area contributed by atoms with E-state index < -0.39 is 22.9 Å². The number of para-hydroxylation sites is 2. The minimum atomic E-state index is -1.10. The molecule has 0 saturated carbocycles. The van der Waals surface area contributed by atoms with Crippen LogP contribution in [0.4, 0.5) is 11.4 Å². The minimum absolute atomic E-state index is 0.0390. The topological polar surface area (TPSA) is 108 Å². The Morgan fingerprint density at radius 1 is 1.24 bits per heavy atom. The normalized spacial score (nSPS) is 11.4. The fourth-order valence-corrected chi connectivity index (χ4v) is 2.68. The third-order valence-corrected chi connectivity index (χ3v) is 4.19. The summed E-state index contributed by atoms with van der Waals surface area (Å²) in [7, 11) is 0.